The average molecular weight is 452 g/mol. The standard InChI is InChI=1S/C22H30ClN3O5/c23-14-20(28)26(11-10-19(24)27)25-22(30)18(12-16-6-4-5-7-16)13-21(29)31-15-17-8-2-1-3-9-17/h1-3,8-9,16,18H,4-7,10-15H2,(H2,24,27)(H,25,30)/t18-/m1/s1. The molecule has 1 atom stereocenters. The fourth-order valence-corrected chi connectivity index (χ4v) is 3.84. The Kier molecular flexibility index (Phi) is 10.3. The Bertz CT molecular complexity index is 753. The zero-order valence-corrected chi connectivity index (χ0v) is 18.3. The molecule has 0 unspecified atom stereocenters. The molecular weight excluding hydrogens is 422 g/mol. The number of rotatable bonds is 11. The van der Waals surface area contributed by atoms with E-state index in [2.05, 4.69) is 5.43 Å². The number of ether oxygens (including phenoxy) is 1. The van der Waals surface area contributed by atoms with Gasteiger partial charge in [-0.1, -0.05) is 56.0 Å². The Morgan fingerprint density at radius 1 is 1.16 bits per heavy atom. The Hall–Kier alpha value is -2.61. The van der Waals surface area contributed by atoms with Gasteiger partial charge in [0.25, 0.3) is 5.91 Å². The third-order valence-electron chi connectivity index (χ3n) is 5.36. The summed E-state index contributed by atoms with van der Waals surface area (Å²) in [5, 5.41) is 0.997. The van der Waals surface area contributed by atoms with Crippen LogP contribution in [0, 0.1) is 11.8 Å². The van der Waals surface area contributed by atoms with Crippen molar-refractivity contribution in [2.75, 3.05) is 12.4 Å². The van der Waals surface area contributed by atoms with Crippen molar-refractivity contribution in [1.82, 2.24) is 10.4 Å². The summed E-state index contributed by atoms with van der Waals surface area (Å²) in [5.41, 5.74) is 8.53. The molecule has 0 aliphatic heterocycles. The van der Waals surface area contributed by atoms with E-state index in [0.29, 0.717) is 12.3 Å². The van der Waals surface area contributed by atoms with Crippen molar-refractivity contribution in [1.29, 1.82) is 0 Å². The Morgan fingerprint density at radius 2 is 1.84 bits per heavy atom. The van der Waals surface area contributed by atoms with E-state index in [1.807, 2.05) is 30.3 Å². The number of hydrazine groups is 1. The molecule has 9 heteroatoms. The number of hydrogen-bond donors (Lipinski definition) is 2. The third kappa shape index (κ3) is 8.96. The Balaban J connectivity index is 2.00. The van der Waals surface area contributed by atoms with Crippen molar-refractivity contribution in [3.05, 3.63) is 35.9 Å². The zero-order valence-electron chi connectivity index (χ0n) is 17.6. The highest BCUT2D eigenvalue weighted by Crippen LogP contribution is 2.31. The second-order valence-electron chi connectivity index (χ2n) is 7.80. The van der Waals surface area contributed by atoms with Gasteiger partial charge in [0.05, 0.1) is 18.9 Å². The third-order valence-corrected chi connectivity index (χ3v) is 5.59. The van der Waals surface area contributed by atoms with Crippen LogP contribution in [0.3, 0.4) is 0 Å². The summed E-state index contributed by atoms with van der Waals surface area (Å²) < 4.78 is 5.34. The minimum absolute atomic E-state index is 0.0821. The number of carbonyl (C=O) groups excluding carboxylic acids is 4. The molecule has 0 bridgehead atoms. The molecule has 0 aromatic heterocycles. The molecule has 1 saturated carbocycles. The van der Waals surface area contributed by atoms with Crippen LogP contribution >= 0.6 is 11.6 Å². The highest BCUT2D eigenvalue weighted by Gasteiger charge is 2.29. The fourth-order valence-electron chi connectivity index (χ4n) is 3.69. The molecule has 2 rings (SSSR count). The molecule has 3 amide bonds. The maximum Gasteiger partial charge on any atom is 0.306 e. The first-order valence-corrected chi connectivity index (χ1v) is 11.1. The molecule has 1 aromatic rings. The van der Waals surface area contributed by atoms with Gasteiger partial charge in [0, 0.05) is 6.42 Å². The second kappa shape index (κ2) is 12.9. The largest absolute Gasteiger partial charge is 0.461 e. The number of esters is 1. The number of halogens is 1. The molecule has 0 spiro atoms. The lowest BCUT2D eigenvalue weighted by atomic mass is 9.90. The van der Waals surface area contributed by atoms with Crippen LogP contribution in [-0.4, -0.2) is 41.1 Å². The van der Waals surface area contributed by atoms with E-state index < -0.39 is 29.6 Å². The lowest BCUT2D eigenvalue weighted by Gasteiger charge is -2.26. The van der Waals surface area contributed by atoms with Crippen LogP contribution in [0.4, 0.5) is 0 Å². The van der Waals surface area contributed by atoms with Crippen molar-refractivity contribution in [3.63, 3.8) is 0 Å². The quantitative estimate of drug-likeness (QED) is 0.304. The van der Waals surface area contributed by atoms with E-state index in [4.69, 9.17) is 22.1 Å². The fraction of sp³-hybridized carbons (Fsp3) is 0.545. The molecule has 3 N–H and O–H groups in total. The second-order valence-corrected chi connectivity index (χ2v) is 8.07. The van der Waals surface area contributed by atoms with Gasteiger partial charge in [-0.15, -0.1) is 11.6 Å². The van der Waals surface area contributed by atoms with Gasteiger partial charge in [0.2, 0.25) is 11.8 Å². The lowest BCUT2D eigenvalue weighted by Crippen LogP contribution is -2.50. The van der Waals surface area contributed by atoms with Crippen LogP contribution in [0.25, 0.3) is 0 Å². The summed E-state index contributed by atoms with van der Waals surface area (Å²) in [5.74, 6) is -2.76. The SMILES string of the molecule is NC(=O)CCN(NC(=O)[C@@H](CC(=O)OCc1ccccc1)CC1CCCC1)C(=O)CCl. The van der Waals surface area contributed by atoms with Gasteiger partial charge >= 0.3 is 5.97 Å². The summed E-state index contributed by atoms with van der Waals surface area (Å²) in [4.78, 5) is 48.5. The maximum atomic E-state index is 12.9. The molecule has 1 aliphatic rings. The smallest absolute Gasteiger partial charge is 0.306 e. The van der Waals surface area contributed by atoms with Gasteiger partial charge in [0.15, 0.2) is 0 Å². The molecule has 1 aliphatic carbocycles. The van der Waals surface area contributed by atoms with Crippen molar-refractivity contribution < 1.29 is 23.9 Å². The molecule has 170 valence electrons. The van der Waals surface area contributed by atoms with Crippen molar-refractivity contribution >= 4 is 35.3 Å². The molecule has 0 radical (unpaired) electrons. The minimum atomic E-state index is -0.648. The van der Waals surface area contributed by atoms with E-state index in [1.54, 1.807) is 0 Å². The average Bonchev–Trinajstić information content (AvgIpc) is 3.27. The number of nitrogens with zero attached hydrogens (tertiary/aromatic N) is 1. The van der Waals surface area contributed by atoms with Crippen LogP contribution < -0.4 is 11.2 Å². The van der Waals surface area contributed by atoms with Crippen molar-refractivity contribution in [2.45, 2.75) is 51.6 Å². The van der Waals surface area contributed by atoms with E-state index in [9.17, 15) is 19.2 Å². The lowest BCUT2D eigenvalue weighted by molar-refractivity contribution is -0.150. The summed E-state index contributed by atoms with van der Waals surface area (Å²) in [6.07, 6.45) is 4.55. The van der Waals surface area contributed by atoms with E-state index >= 15 is 0 Å². The minimum Gasteiger partial charge on any atom is -0.461 e. The molecule has 0 heterocycles. The first-order valence-electron chi connectivity index (χ1n) is 10.5. The van der Waals surface area contributed by atoms with Gasteiger partial charge in [-0.2, -0.15) is 0 Å². The van der Waals surface area contributed by atoms with E-state index in [-0.39, 0.29) is 31.9 Å². The van der Waals surface area contributed by atoms with Crippen LogP contribution in [0.1, 0.15) is 50.5 Å². The Labute approximate surface area is 187 Å². The summed E-state index contributed by atoms with van der Waals surface area (Å²) in [6, 6.07) is 9.29. The summed E-state index contributed by atoms with van der Waals surface area (Å²) >= 11 is 5.61. The monoisotopic (exact) mass is 451 g/mol. The highest BCUT2D eigenvalue weighted by molar-refractivity contribution is 6.27. The highest BCUT2D eigenvalue weighted by atomic mass is 35.5. The van der Waals surface area contributed by atoms with Gasteiger partial charge in [-0.3, -0.25) is 29.6 Å². The van der Waals surface area contributed by atoms with Crippen LogP contribution in [0.2, 0.25) is 0 Å². The molecular formula is C22H30ClN3O5. The van der Waals surface area contributed by atoms with Crippen LogP contribution in [-0.2, 0) is 30.5 Å². The van der Waals surface area contributed by atoms with Gasteiger partial charge in [-0.25, -0.2) is 0 Å². The van der Waals surface area contributed by atoms with E-state index in [0.717, 1.165) is 36.3 Å². The number of hydrogen-bond acceptors (Lipinski definition) is 5. The number of primary amides is 1. The zero-order chi connectivity index (χ0) is 22.6. The van der Waals surface area contributed by atoms with Gasteiger partial charge in [-0.05, 0) is 17.9 Å². The molecule has 0 saturated heterocycles. The first-order chi connectivity index (χ1) is 14.9. The van der Waals surface area contributed by atoms with Crippen molar-refractivity contribution in [3.8, 4) is 0 Å². The first kappa shape index (κ1) is 24.7. The van der Waals surface area contributed by atoms with Crippen LogP contribution in [0.15, 0.2) is 30.3 Å². The van der Waals surface area contributed by atoms with Gasteiger partial charge < -0.3 is 10.5 Å². The topological polar surface area (TPSA) is 119 Å². The predicted octanol–water partition coefficient (Wildman–Crippen LogP) is 2.29. The molecule has 8 nitrogen and oxygen atoms in total. The molecule has 1 fully saturated rings. The number of amides is 3. The number of carbonyl (C=O) groups is 4. The number of nitrogens with one attached hydrogen (secondary N) is 1. The Morgan fingerprint density at radius 3 is 2.45 bits per heavy atom. The number of alkyl halides is 1. The maximum absolute atomic E-state index is 12.9. The normalized spacial score (nSPS) is 14.6. The molecule has 1 aromatic carbocycles. The molecule has 31 heavy (non-hydrogen) atoms. The summed E-state index contributed by atoms with van der Waals surface area (Å²) in [6.45, 7) is 0.0497. The van der Waals surface area contributed by atoms with Crippen LogP contribution in [0.5, 0.6) is 0 Å². The van der Waals surface area contributed by atoms with E-state index in [1.165, 1.54) is 0 Å². The number of benzene rings is 1. The van der Waals surface area contributed by atoms with Crippen molar-refractivity contribution in [2.24, 2.45) is 17.6 Å². The summed E-state index contributed by atoms with van der Waals surface area (Å²) in [7, 11) is 0. The van der Waals surface area contributed by atoms with Gasteiger partial charge in [0.1, 0.15) is 12.5 Å². The number of nitrogens with two attached hydrogens (primary N) is 1. The predicted molar refractivity (Wildman–Crippen MR) is 115 cm³/mol.